The molecule has 0 amide bonds. The van der Waals surface area contributed by atoms with Crippen molar-refractivity contribution in [2.24, 2.45) is 0 Å². The van der Waals surface area contributed by atoms with Gasteiger partial charge in [0.2, 0.25) is 0 Å². The second-order valence-corrected chi connectivity index (χ2v) is 14.3. The molecule has 0 unspecified atom stereocenters. The number of phenols is 1. The number of para-hydroxylation sites is 1. The Morgan fingerprint density at radius 2 is 1.47 bits per heavy atom. The van der Waals surface area contributed by atoms with E-state index in [1.54, 1.807) is 25.1 Å². The maximum absolute atomic E-state index is 11.6. The van der Waals surface area contributed by atoms with E-state index >= 15 is 0 Å². The molecule has 4 nitrogen and oxygen atoms in total. The molecule has 260 valence electrons. The van der Waals surface area contributed by atoms with E-state index in [0.29, 0.717) is 55.9 Å². The molecule has 0 bridgehead atoms. The highest BCUT2D eigenvalue weighted by Crippen LogP contribution is 2.41. The van der Waals surface area contributed by atoms with Crippen molar-refractivity contribution in [3.63, 3.8) is 0 Å². The first kappa shape index (κ1) is 23.3. The van der Waals surface area contributed by atoms with Crippen molar-refractivity contribution in [3.8, 4) is 67.5 Å². The summed E-state index contributed by atoms with van der Waals surface area (Å²) in [6, 6.07) is 25.5. The van der Waals surface area contributed by atoms with E-state index in [1.165, 1.54) is 0 Å². The van der Waals surface area contributed by atoms with Gasteiger partial charge in [0.15, 0.2) is 0 Å². The van der Waals surface area contributed by atoms with Crippen LogP contribution in [-0.4, -0.2) is 19.6 Å². The minimum absolute atomic E-state index is 0.0191. The average Bonchev–Trinajstić information content (AvgIpc) is 3.65. The molecule has 0 aliphatic carbocycles. The molecule has 0 spiro atoms. The Bertz CT molecular complexity index is 3180. The van der Waals surface area contributed by atoms with Crippen LogP contribution in [0.25, 0.3) is 72.7 Å². The number of hydrogen-bond donors (Lipinski definition) is 1. The fourth-order valence-corrected chi connectivity index (χ4v) is 6.75. The maximum atomic E-state index is 11.6. The van der Waals surface area contributed by atoms with Crippen LogP contribution in [0.3, 0.4) is 0 Å². The first-order valence-corrected chi connectivity index (χ1v) is 17.3. The van der Waals surface area contributed by atoms with E-state index in [0.717, 1.165) is 16.7 Å². The van der Waals surface area contributed by atoms with E-state index in [2.05, 4.69) is 4.98 Å². The Morgan fingerprint density at radius 3 is 2.25 bits per heavy atom. The summed E-state index contributed by atoms with van der Waals surface area (Å²) < 4.78 is 96.5. The molecule has 0 aliphatic heterocycles. The number of rotatable bonds is 6. The minimum Gasteiger partial charge on any atom is -0.507 e. The third kappa shape index (κ3) is 6.42. The third-order valence-corrected chi connectivity index (χ3v) is 9.44. The molecule has 53 heavy (non-hydrogen) atoms. The average molecular weight is 701 g/mol. The molecule has 0 atom stereocenters. The summed E-state index contributed by atoms with van der Waals surface area (Å²) >= 11 is 0. The zero-order valence-corrected chi connectivity index (χ0v) is 30.0. The normalized spacial score (nSPS) is 14.8. The topological polar surface area (TPSA) is 50.9 Å². The summed E-state index contributed by atoms with van der Waals surface area (Å²) in [5.74, 6) is 0.386. The molecule has 8 aromatic rings. The molecular weight excluding hydrogens is 647 g/mol. The van der Waals surface area contributed by atoms with Gasteiger partial charge in [-0.05, 0) is 125 Å². The molecule has 2 aromatic heterocycles. The van der Waals surface area contributed by atoms with Crippen LogP contribution in [0.5, 0.6) is 5.75 Å². The van der Waals surface area contributed by atoms with Crippen molar-refractivity contribution in [3.05, 3.63) is 168 Å². The fourth-order valence-electron chi connectivity index (χ4n) is 6.75. The van der Waals surface area contributed by atoms with E-state index in [-0.39, 0.29) is 34.2 Å². The molecule has 0 saturated heterocycles. The third-order valence-electron chi connectivity index (χ3n) is 9.44. The largest absolute Gasteiger partial charge is 0.507 e. The van der Waals surface area contributed by atoms with Crippen molar-refractivity contribution in [1.29, 1.82) is 0 Å². The summed E-state index contributed by atoms with van der Waals surface area (Å²) in [5, 5.41) is 11.6. The highest BCUT2D eigenvalue weighted by atomic mass is 16.3. The van der Waals surface area contributed by atoms with Crippen LogP contribution in [0.4, 0.5) is 0 Å². The number of benzene rings is 6. The fraction of sp³-hybridized carbons (Fsp3) is 0.143. The lowest BCUT2D eigenvalue weighted by Gasteiger charge is -2.22. The van der Waals surface area contributed by atoms with Crippen molar-refractivity contribution in [1.82, 2.24) is 14.5 Å². The lowest BCUT2D eigenvalue weighted by atomic mass is 9.83. The number of pyridine rings is 1. The summed E-state index contributed by atoms with van der Waals surface area (Å²) in [4.78, 5) is 9.64. The van der Waals surface area contributed by atoms with E-state index in [9.17, 15) is 6.48 Å². The van der Waals surface area contributed by atoms with Crippen LogP contribution in [-0.2, 0) is 5.41 Å². The van der Waals surface area contributed by atoms with Gasteiger partial charge < -0.3 is 5.11 Å². The Balaban J connectivity index is 1.42. The number of aromatic hydroxyl groups is 1. The number of aromatic nitrogens is 3. The zero-order valence-electron chi connectivity index (χ0n) is 41.0. The Hall–Kier alpha value is -6.26. The van der Waals surface area contributed by atoms with Gasteiger partial charge in [0.05, 0.1) is 33.3 Å². The van der Waals surface area contributed by atoms with Gasteiger partial charge in [-0.3, -0.25) is 9.55 Å². The summed E-state index contributed by atoms with van der Waals surface area (Å²) in [6.07, 6.45) is -0.538. The van der Waals surface area contributed by atoms with E-state index in [1.807, 2.05) is 111 Å². The molecule has 8 rings (SSSR count). The summed E-state index contributed by atoms with van der Waals surface area (Å²) in [7, 11) is 0. The quantitative estimate of drug-likeness (QED) is 0.188. The Kier molecular flexibility index (Phi) is 5.89. The molecule has 1 N–H and O–H groups in total. The monoisotopic (exact) mass is 700 g/mol. The molecule has 0 aliphatic rings. The number of phenolic OH excluding ortho intramolecular Hbond substituents is 1. The van der Waals surface area contributed by atoms with Gasteiger partial charge in [0, 0.05) is 27.1 Å². The summed E-state index contributed by atoms with van der Waals surface area (Å²) in [5.41, 5.74) is 6.34. The number of fused-ring (bicyclic) bond motifs is 1. The predicted molar refractivity (Wildman–Crippen MR) is 221 cm³/mol. The van der Waals surface area contributed by atoms with Crippen molar-refractivity contribution >= 4 is 11.0 Å². The Morgan fingerprint density at radius 1 is 0.679 bits per heavy atom. The molecular formula is C49H43N3O. The number of nitrogens with zero attached hydrogens (tertiary/aromatic N) is 3. The first-order valence-electron chi connectivity index (χ1n) is 22.8. The van der Waals surface area contributed by atoms with Gasteiger partial charge in [-0.15, -0.1) is 0 Å². The van der Waals surface area contributed by atoms with Crippen molar-refractivity contribution in [2.45, 2.75) is 46.9 Å². The van der Waals surface area contributed by atoms with Crippen LogP contribution in [0, 0.1) is 20.7 Å². The Labute approximate surface area is 327 Å². The zero-order chi connectivity index (χ0) is 46.3. The summed E-state index contributed by atoms with van der Waals surface area (Å²) in [6.45, 7) is 7.29. The van der Waals surface area contributed by atoms with Crippen molar-refractivity contribution in [2.75, 3.05) is 0 Å². The van der Waals surface area contributed by atoms with Gasteiger partial charge in [0.1, 0.15) is 11.6 Å². The number of hydrogen-bond acceptors (Lipinski definition) is 3. The maximum Gasteiger partial charge on any atom is 0.149 e. The SMILES string of the molecule is [2H]c1nc(-c2cc(-c3cccc4c3nc(-c3cc(C)cc(C)c3O)n4-c3ccc(-c4ccccc4)c(C([2H])([2H])[2H])c3)cc(C(C)(C)C)c2)c([2H])c(-c2c([2H])c([2H])c([2H])c([2H])c2[2H])c1[2H]. The van der Waals surface area contributed by atoms with Gasteiger partial charge >= 0.3 is 0 Å². The second kappa shape index (κ2) is 13.4. The van der Waals surface area contributed by atoms with Crippen LogP contribution in [0.1, 0.15) is 58.1 Å². The molecule has 4 heteroatoms. The first-order chi connectivity index (χ1) is 30.1. The van der Waals surface area contributed by atoms with Crippen LogP contribution in [0.2, 0.25) is 0 Å². The number of aryl methyl sites for hydroxylation is 3. The van der Waals surface area contributed by atoms with Crippen molar-refractivity contribution < 1.29 is 20.2 Å². The molecule has 0 saturated carbocycles. The van der Waals surface area contributed by atoms with Crippen LogP contribution < -0.4 is 0 Å². The van der Waals surface area contributed by atoms with Crippen LogP contribution >= 0.6 is 0 Å². The van der Waals surface area contributed by atoms with Crippen LogP contribution in [0.15, 0.2) is 146 Å². The molecule has 0 radical (unpaired) electrons. The standard InChI is InChI=1S/C49H43N3O/c1-31-24-33(3)47(53)43(25-31)48-51-46-42(18-13-19-45(46)52(48)40-20-21-41(32(2)26-40)35-16-11-8-12-17-35)37-27-38(29-39(28-37)49(4,5)6)44-30-36(22-23-50-44)34-14-9-7-10-15-34/h7-30,53H,1-6H3/i2D3,7D,9D,10D,14D,15D,22D,23D,30D. The van der Waals surface area contributed by atoms with Gasteiger partial charge in [-0.25, -0.2) is 4.98 Å². The highest BCUT2D eigenvalue weighted by Gasteiger charge is 2.23. The smallest absolute Gasteiger partial charge is 0.149 e. The minimum atomic E-state index is -2.49. The molecule has 0 fully saturated rings. The van der Waals surface area contributed by atoms with E-state index < -0.39 is 54.7 Å². The van der Waals surface area contributed by atoms with Gasteiger partial charge in [0.25, 0.3) is 0 Å². The lowest BCUT2D eigenvalue weighted by molar-refractivity contribution is 0.472. The molecule has 6 aromatic carbocycles. The van der Waals surface area contributed by atoms with E-state index in [4.69, 9.17) is 18.7 Å². The second-order valence-electron chi connectivity index (χ2n) is 14.3. The lowest BCUT2D eigenvalue weighted by Crippen LogP contribution is -2.11. The van der Waals surface area contributed by atoms with Gasteiger partial charge in [-0.1, -0.05) is 112 Å². The highest BCUT2D eigenvalue weighted by molar-refractivity contribution is 5.97. The number of imidazole rings is 1. The molecule has 2 heterocycles. The predicted octanol–water partition coefficient (Wildman–Crippen LogP) is 12.7. The van der Waals surface area contributed by atoms with Gasteiger partial charge in [-0.2, -0.15) is 0 Å².